The number of benzene rings is 2. The van der Waals surface area contributed by atoms with Gasteiger partial charge in [-0.25, -0.2) is 4.98 Å². The van der Waals surface area contributed by atoms with Crippen LogP contribution in [0.2, 0.25) is 0 Å². The van der Waals surface area contributed by atoms with Gasteiger partial charge in [-0.2, -0.15) is 13.2 Å². The number of anilines is 1. The minimum Gasteiger partial charge on any atom is -0.481 e. The largest absolute Gasteiger partial charge is 0.481 e. The van der Waals surface area contributed by atoms with Gasteiger partial charge in [-0.1, -0.05) is 24.3 Å². The van der Waals surface area contributed by atoms with Crippen molar-refractivity contribution in [1.29, 1.82) is 0 Å². The molecule has 6 nitrogen and oxygen atoms in total. The number of pyridine rings is 1. The number of imidazole rings is 1. The number of aromatic nitrogens is 3. The van der Waals surface area contributed by atoms with E-state index in [0.29, 0.717) is 28.3 Å². The summed E-state index contributed by atoms with van der Waals surface area (Å²) < 4.78 is 39.4. The Morgan fingerprint density at radius 1 is 1.05 bits per heavy atom. The van der Waals surface area contributed by atoms with Crippen LogP contribution in [0.25, 0.3) is 33.7 Å². The van der Waals surface area contributed by atoms with Crippen LogP contribution in [0.15, 0.2) is 54.7 Å². The molecule has 1 fully saturated rings. The highest BCUT2D eigenvalue weighted by Gasteiger charge is 2.31. The molecule has 198 valence electrons. The Morgan fingerprint density at radius 3 is 2.39 bits per heavy atom. The predicted octanol–water partition coefficient (Wildman–Crippen LogP) is 7.13. The van der Waals surface area contributed by atoms with Crippen molar-refractivity contribution in [2.45, 2.75) is 44.2 Å². The Morgan fingerprint density at radius 2 is 1.76 bits per heavy atom. The van der Waals surface area contributed by atoms with Gasteiger partial charge in [0.1, 0.15) is 5.82 Å². The zero-order chi connectivity index (χ0) is 27.0. The van der Waals surface area contributed by atoms with Crippen LogP contribution in [0, 0.1) is 5.92 Å². The fourth-order valence-corrected chi connectivity index (χ4v) is 5.34. The number of H-pyrrole nitrogens is 1. The highest BCUT2D eigenvalue weighted by molar-refractivity contribution is 5.84. The lowest BCUT2D eigenvalue weighted by Gasteiger charge is -2.28. The molecule has 0 bridgehead atoms. The lowest BCUT2D eigenvalue weighted by atomic mass is 9.77. The quantitative estimate of drug-likeness (QED) is 0.282. The monoisotopic (exact) mass is 522 g/mol. The third-order valence-electron chi connectivity index (χ3n) is 7.42. The van der Waals surface area contributed by atoms with E-state index in [4.69, 9.17) is 5.11 Å². The number of rotatable bonds is 6. The normalized spacial score (nSPS) is 18.0. The van der Waals surface area contributed by atoms with E-state index < -0.39 is 17.7 Å². The summed E-state index contributed by atoms with van der Waals surface area (Å²) in [5, 5.41) is 9.04. The molecule has 38 heavy (non-hydrogen) atoms. The standard InChI is InChI=1S/C29H29F3N4O2/c1-36(2)26-15-24(20-9-7-19(8-10-20)18-5-3-17(4-6-18)13-27(37)38)33-16-22(26)28-34-23-12-11-21(29(30,31)32)14-25(23)35-28/h7-12,14-18H,3-6,13H2,1-2H3,(H,34,35)(H,37,38). The number of carboxylic acid groups (broad SMARTS) is 1. The highest BCUT2D eigenvalue weighted by atomic mass is 19.4. The molecule has 0 unspecified atom stereocenters. The first-order valence-electron chi connectivity index (χ1n) is 12.7. The van der Waals surface area contributed by atoms with Gasteiger partial charge in [0.05, 0.1) is 33.5 Å². The number of halogens is 3. The first-order chi connectivity index (χ1) is 18.1. The topological polar surface area (TPSA) is 82.1 Å². The predicted molar refractivity (Wildman–Crippen MR) is 141 cm³/mol. The molecule has 1 aliphatic rings. The van der Waals surface area contributed by atoms with E-state index in [1.54, 1.807) is 6.20 Å². The van der Waals surface area contributed by atoms with Crippen molar-refractivity contribution in [1.82, 2.24) is 15.0 Å². The molecule has 0 saturated heterocycles. The summed E-state index contributed by atoms with van der Waals surface area (Å²) in [5.41, 5.74) is 4.58. The summed E-state index contributed by atoms with van der Waals surface area (Å²) in [7, 11) is 3.80. The number of carbonyl (C=O) groups is 1. The molecule has 0 spiro atoms. The smallest absolute Gasteiger partial charge is 0.416 e. The number of aromatic amines is 1. The second kappa shape index (κ2) is 10.1. The molecule has 5 rings (SSSR count). The molecule has 2 N–H and O–H groups in total. The van der Waals surface area contributed by atoms with Crippen LogP contribution in [-0.2, 0) is 11.0 Å². The van der Waals surface area contributed by atoms with Crippen molar-refractivity contribution in [3.63, 3.8) is 0 Å². The summed E-state index contributed by atoms with van der Waals surface area (Å²) in [6.45, 7) is 0. The second-order valence-electron chi connectivity index (χ2n) is 10.2. The van der Waals surface area contributed by atoms with Gasteiger partial charge in [0.2, 0.25) is 0 Å². The van der Waals surface area contributed by atoms with Crippen molar-refractivity contribution in [3.05, 3.63) is 65.9 Å². The van der Waals surface area contributed by atoms with Crippen molar-refractivity contribution < 1.29 is 23.1 Å². The lowest BCUT2D eigenvalue weighted by Crippen LogP contribution is -2.16. The van der Waals surface area contributed by atoms with Gasteiger partial charge in [0.25, 0.3) is 0 Å². The zero-order valence-electron chi connectivity index (χ0n) is 21.2. The summed E-state index contributed by atoms with van der Waals surface area (Å²) in [5.74, 6) is 0.446. The van der Waals surface area contributed by atoms with Crippen LogP contribution in [-0.4, -0.2) is 40.1 Å². The number of hydrogen-bond donors (Lipinski definition) is 2. The van der Waals surface area contributed by atoms with E-state index in [0.717, 1.165) is 54.8 Å². The van der Waals surface area contributed by atoms with E-state index in [9.17, 15) is 18.0 Å². The Balaban J connectivity index is 1.38. The number of aliphatic carboxylic acids is 1. The van der Waals surface area contributed by atoms with Crippen molar-refractivity contribution in [3.8, 4) is 22.6 Å². The van der Waals surface area contributed by atoms with E-state index >= 15 is 0 Å². The van der Waals surface area contributed by atoms with Gasteiger partial charge in [-0.3, -0.25) is 9.78 Å². The van der Waals surface area contributed by atoms with Gasteiger partial charge >= 0.3 is 12.1 Å². The van der Waals surface area contributed by atoms with Crippen LogP contribution in [0.4, 0.5) is 18.9 Å². The molecule has 1 saturated carbocycles. The first-order valence-corrected chi connectivity index (χ1v) is 12.7. The second-order valence-corrected chi connectivity index (χ2v) is 10.2. The number of nitrogens with one attached hydrogen (secondary N) is 1. The molecule has 9 heteroatoms. The molecule has 4 aromatic rings. The maximum absolute atomic E-state index is 13.1. The maximum Gasteiger partial charge on any atom is 0.416 e. The van der Waals surface area contributed by atoms with E-state index in [2.05, 4.69) is 39.2 Å². The van der Waals surface area contributed by atoms with Crippen LogP contribution in [0.3, 0.4) is 0 Å². The maximum atomic E-state index is 13.1. The molecule has 1 aliphatic carbocycles. The minimum atomic E-state index is -4.42. The van der Waals surface area contributed by atoms with E-state index in [1.807, 2.05) is 25.1 Å². The molecule has 0 amide bonds. The number of fused-ring (bicyclic) bond motifs is 1. The Labute approximate surface area is 218 Å². The van der Waals surface area contributed by atoms with Crippen LogP contribution >= 0.6 is 0 Å². The van der Waals surface area contributed by atoms with E-state index in [1.165, 1.54) is 11.6 Å². The summed E-state index contributed by atoms with van der Waals surface area (Å²) in [6.07, 6.45) is 1.40. The summed E-state index contributed by atoms with van der Waals surface area (Å²) >= 11 is 0. The summed E-state index contributed by atoms with van der Waals surface area (Å²) in [4.78, 5) is 25.1. The minimum absolute atomic E-state index is 0.254. The fraction of sp³-hybridized carbons (Fsp3) is 0.345. The third kappa shape index (κ3) is 5.37. The Hall–Kier alpha value is -3.88. The van der Waals surface area contributed by atoms with E-state index in [-0.39, 0.29) is 12.3 Å². The third-order valence-corrected chi connectivity index (χ3v) is 7.42. The summed E-state index contributed by atoms with van der Waals surface area (Å²) in [6, 6.07) is 13.8. The highest BCUT2D eigenvalue weighted by Crippen LogP contribution is 2.38. The number of nitrogens with zero attached hydrogens (tertiary/aromatic N) is 3. The number of hydrogen-bond acceptors (Lipinski definition) is 4. The molecular weight excluding hydrogens is 493 g/mol. The molecule has 0 radical (unpaired) electrons. The van der Waals surface area contributed by atoms with Crippen molar-refractivity contribution in [2.24, 2.45) is 5.92 Å². The Bertz CT molecular complexity index is 1450. The number of alkyl halides is 3. The van der Waals surface area contributed by atoms with Crippen molar-refractivity contribution >= 4 is 22.7 Å². The zero-order valence-corrected chi connectivity index (χ0v) is 21.2. The van der Waals surface area contributed by atoms with Gasteiger partial charge in [-0.15, -0.1) is 0 Å². The van der Waals surface area contributed by atoms with Gasteiger partial charge in [0.15, 0.2) is 0 Å². The SMILES string of the molecule is CN(C)c1cc(-c2ccc(C3CCC(CC(=O)O)CC3)cc2)ncc1-c1nc2ccc(C(F)(F)F)cc2[nH]1. The van der Waals surface area contributed by atoms with Crippen LogP contribution in [0.1, 0.15) is 49.1 Å². The van der Waals surface area contributed by atoms with Gasteiger partial charge in [0, 0.05) is 32.3 Å². The molecule has 2 aromatic carbocycles. The molecule has 0 atom stereocenters. The molecular formula is C29H29F3N4O2. The Kier molecular flexibility index (Phi) is 6.86. The average molecular weight is 523 g/mol. The van der Waals surface area contributed by atoms with Crippen LogP contribution < -0.4 is 4.90 Å². The fourth-order valence-electron chi connectivity index (χ4n) is 5.34. The lowest BCUT2D eigenvalue weighted by molar-refractivity contribution is -0.138. The molecule has 2 aromatic heterocycles. The average Bonchev–Trinajstić information content (AvgIpc) is 3.31. The molecule has 2 heterocycles. The van der Waals surface area contributed by atoms with Crippen molar-refractivity contribution in [2.75, 3.05) is 19.0 Å². The van der Waals surface area contributed by atoms with Crippen LogP contribution in [0.5, 0.6) is 0 Å². The van der Waals surface area contributed by atoms with Gasteiger partial charge < -0.3 is 15.0 Å². The van der Waals surface area contributed by atoms with Gasteiger partial charge in [-0.05, 0) is 67.3 Å². The molecule has 0 aliphatic heterocycles. The first kappa shape index (κ1) is 25.8. The number of carboxylic acids is 1.